The number of nitrogens with two attached hydrogens (primary N) is 2. The van der Waals surface area contributed by atoms with Crippen LogP contribution >= 0.6 is 0 Å². The lowest BCUT2D eigenvalue weighted by Gasteiger charge is -2.16. The molecule has 132 valence electrons. The fourth-order valence-corrected chi connectivity index (χ4v) is 2.52. The van der Waals surface area contributed by atoms with Crippen LogP contribution in [-0.4, -0.2) is 31.6 Å². The van der Waals surface area contributed by atoms with E-state index in [4.69, 9.17) is 11.5 Å². The van der Waals surface area contributed by atoms with E-state index in [1.807, 2.05) is 30.3 Å². The Kier molecular flexibility index (Phi) is 4.88. The quantitative estimate of drug-likeness (QED) is 0.604. The van der Waals surface area contributed by atoms with Gasteiger partial charge in [0.1, 0.15) is 0 Å². The van der Waals surface area contributed by atoms with E-state index in [-0.39, 0.29) is 24.0 Å². The maximum Gasteiger partial charge on any atom is 0.278 e. The molecule has 0 fully saturated rings. The zero-order valence-electron chi connectivity index (χ0n) is 13.7. The highest BCUT2D eigenvalue weighted by molar-refractivity contribution is 6.05. The van der Waals surface area contributed by atoms with Gasteiger partial charge in [-0.2, -0.15) is 5.10 Å². The van der Waals surface area contributed by atoms with E-state index in [0.29, 0.717) is 5.69 Å². The minimum absolute atomic E-state index is 0.0250. The smallest absolute Gasteiger partial charge is 0.278 e. The number of anilines is 2. The number of benzene rings is 1. The Balaban J connectivity index is 1.82. The van der Waals surface area contributed by atoms with Gasteiger partial charge in [-0.15, -0.1) is 0 Å². The highest BCUT2D eigenvalue weighted by Gasteiger charge is 2.19. The second kappa shape index (κ2) is 7.43. The van der Waals surface area contributed by atoms with E-state index >= 15 is 0 Å². The molecule has 0 saturated carbocycles. The van der Waals surface area contributed by atoms with Crippen LogP contribution in [0.3, 0.4) is 0 Å². The van der Waals surface area contributed by atoms with Crippen molar-refractivity contribution in [1.29, 1.82) is 0 Å². The molecule has 0 bridgehead atoms. The fraction of sp³-hybridized carbons (Fsp3) is 0.118. The van der Waals surface area contributed by atoms with Gasteiger partial charge in [-0.1, -0.05) is 30.3 Å². The van der Waals surface area contributed by atoms with Gasteiger partial charge >= 0.3 is 0 Å². The van der Waals surface area contributed by atoms with Crippen LogP contribution in [0.15, 0.2) is 55.1 Å². The lowest BCUT2D eigenvalue weighted by molar-refractivity contribution is -0.118. The van der Waals surface area contributed by atoms with Crippen molar-refractivity contribution < 1.29 is 9.59 Å². The molecular weight excluding hydrogens is 334 g/mol. The summed E-state index contributed by atoms with van der Waals surface area (Å²) in [6.45, 7) is 0. The molecule has 2 amide bonds. The van der Waals surface area contributed by atoms with Crippen molar-refractivity contribution in [2.45, 2.75) is 12.5 Å². The van der Waals surface area contributed by atoms with Gasteiger partial charge in [-0.25, -0.2) is 9.97 Å². The van der Waals surface area contributed by atoms with Gasteiger partial charge in [0.25, 0.3) is 5.91 Å². The number of hydrogen-bond donors (Lipinski definition) is 3. The van der Waals surface area contributed by atoms with E-state index in [1.54, 1.807) is 10.9 Å². The number of aromatic nitrogens is 4. The molecule has 2 aromatic heterocycles. The molecule has 0 aliphatic rings. The van der Waals surface area contributed by atoms with Crippen molar-refractivity contribution in [3.63, 3.8) is 0 Å². The first-order chi connectivity index (χ1) is 12.5. The predicted molar refractivity (Wildman–Crippen MR) is 95.0 cm³/mol. The number of primary amides is 1. The summed E-state index contributed by atoms with van der Waals surface area (Å²) in [6, 6.07) is 9.01. The molecule has 3 aromatic rings. The molecule has 1 aromatic carbocycles. The van der Waals surface area contributed by atoms with Crippen LogP contribution in [0.2, 0.25) is 0 Å². The summed E-state index contributed by atoms with van der Waals surface area (Å²) in [4.78, 5) is 31.4. The average Bonchev–Trinajstić information content (AvgIpc) is 3.08. The Bertz CT molecular complexity index is 924. The summed E-state index contributed by atoms with van der Waals surface area (Å²) in [6.07, 6.45) is 5.95. The lowest BCUT2D eigenvalue weighted by atomic mass is 10.0. The molecule has 1 unspecified atom stereocenters. The first-order valence-corrected chi connectivity index (χ1v) is 7.80. The molecule has 3 rings (SSSR count). The van der Waals surface area contributed by atoms with Gasteiger partial charge in [-0.3, -0.25) is 14.3 Å². The number of nitrogens with zero attached hydrogens (tertiary/aromatic N) is 4. The molecule has 0 radical (unpaired) electrons. The molecule has 9 nitrogen and oxygen atoms in total. The maximum absolute atomic E-state index is 12.3. The fourth-order valence-electron chi connectivity index (χ4n) is 2.52. The Morgan fingerprint density at radius 2 is 1.88 bits per heavy atom. The van der Waals surface area contributed by atoms with Crippen LogP contribution in [0, 0.1) is 0 Å². The van der Waals surface area contributed by atoms with Gasteiger partial charge in [0.15, 0.2) is 11.5 Å². The first kappa shape index (κ1) is 17.1. The third-order valence-electron chi connectivity index (χ3n) is 3.70. The average molecular weight is 351 g/mol. The third-order valence-corrected chi connectivity index (χ3v) is 3.70. The normalized spacial score (nSPS) is 11.7. The van der Waals surface area contributed by atoms with Gasteiger partial charge in [0.05, 0.1) is 24.3 Å². The molecule has 0 saturated heterocycles. The van der Waals surface area contributed by atoms with Crippen LogP contribution in [-0.2, 0) is 4.79 Å². The number of rotatable bonds is 6. The Morgan fingerprint density at radius 1 is 1.15 bits per heavy atom. The van der Waals surface area contributed by atoms with Crippen molar-refractivity contribution >= 4 is 23.3 Å². The number of amides is 2. The first-order valence-electron chi connectivity index (χ1n) is 7.80. The molecular formula is C17H17N7O2. The van der Waals surface area contributed by atoms with E-state index in [2.05, 4.69) is 20.4 Å². The molecule has 2 heterocycles. The Labute approximate surface area is 149 Å². The summed E-state index contributed by atoms with van der Waals surface area (Å²) in [5, 5.41) is 6.90. The van der Waals surface area contributed by atoms with Crippen molar-refractivity contribution in [3.8, 4) is 0 Å². The zero-order chi connectivity index (χ0) is 18.5. The van der Waals surface area contributed by atoms with Crippen LogP contribution in [0.5, 0.6) is 0 Å². The monoisotopic (exact) mass is 351 g/mol. The van der Waals surface area contributed by atoms with E-state index in [1.165, 1.54) is 18.6 Å². The topological polar surface area (TPSA) is 142 Å². The van der Waals surface area contributed by atoms with Gasteiger partial charge in [0.2, 0.25) is 5.91 Å². The van der Waals surface area contributed by atoms with Gasteiger partial charge in [-0.05, 0) is 5.56 Å². The molecule has 5 N–H and O–H groups in total. The van der Waals surface area contributed by atoms with E-state index in [0.717, 1.165) is 5.56 Å². The molecule has 0 aliphatic heterocycles. The van der Waals surface area contributed by atoms with Gasteiger partial charge < -0.3 is 16.8 Å². The summed E-state index contributed by atoms with van der Waals surface area (Å²) in [7, 11) is 0. The predicted octanol–water partition coefficient (Wildman–Crippen LogP) is 0.972. The van der Waals surface area contributed by atoms with Crippen LogP contribution in [0.25, 0.3) is 0 Å². The van der Waals surface area contributed by atoms with Crippen molar-refractivity contribution in [2.75, 3.05) is 11.1 Å². The van der Waals surface area contributed by atoms with E-state index < -0.39 is 11.8 Å². The number of carbonyl (C=O) groups is 2. The minimum atomic E-state index is -0.499. The number of carbonyl (C=O) groups excluding carboxylic acids is 2. The summed E-state index contributed by atoms with van der Waals surface area (Å²) in [5.74, 6) is -0.915. The second-order valence-corrected chi connectivity index (χ2v) is 5.55. The van der Waals surface area contributed by atoms with Crippen LogP contribution < -0.4 is 16.8 Å². The van der Waals surface area contributed by atoms with Gasteiger partial charge in [0, 0.05) is 18.6 Å². The largest absolute Gasteiger partial charge is 0.382 e. The summed E-state index contributed by atoms with van der Waals surface area (Å²) >= 11 is 0. The second-order valence-electron chi connectivity index (χ2n) is 5.55. The molecule has 1 atom stereocenters. The molecule has 0 spiro atoms. The standard InChI is InChI=1S/C17H17N7O2/c18-14(25)8-13(11-4-2-1-3-5-11)24-10-12(9-22-24)23-17(26)15-16(19)21-7-6-20-15/h1-7,9-10,13H,8H2,(H2,18,25)(H2,19,21)(H,23,26). The highest BCUT2D eigenvalue weighted by atomic mass is 16.2. The molecule has 0 aliphatic carbocycles. The summed E-state index contributed by atoms with van der Waals surface area (Å²) < 4.78 is 1.58. The lowest BCUT2D eigenvalue weighted by Crippen LogP contribution is -2.21. The Morgan fingerprint density at radius 3 is 2.58 bits per heavy atom. The summed E-state index contributed by atoms with van der Waals surface area (Å²) in [5.41, 5.74) is 12.4. The zero-order valence-corrected chi connectivity index (χ0v) is 13.7. The minimum Gasteiger partial charge on any atom is -0.382 e. The molecule has 9 heteroatoms. The third kappa shape index (κ3) is 3.83. The van der Waals surface area contributed by atoms with Crippen LogP contribution in [0.4, 0.5) is 11.5 Å². The number of nitrogen functional groups attached to an aromatic ring is 1. The molecule has 26 heavy (non-hydrogen) atoms. The number of hydrogen-bond acceptors (Lipinski definition) is 6. The van der Waals surface area contributed by atoms with Crippen molar-refractivity contribution in [1.82, 2.24) is 19.7 Å². The number of nitrogens with one attached hydrogen (secondary N) is 1. The van der Waals surface area contributed by atoms with Crippen molar-refractivity contribution in [2.24, 2.45) is 5.73 Å². The van der Waals surface area contributed by atoms with Crippen LogP contribution in [0.1, 0.15) is 28.5 Å². The Hall–Kier alpha value is -3.75. The SMILES string of the molecule is NC(=O)CC(c1ccccc1)n1cc(NC(=O)c2nccnc2N)cn1. The van der Waals surface area contributed by atoms with E-state index in [9.17, 15) is 9.59 Å². The maximum atomic E-state index is 12.3. The highest BCUT2D eigenvalue weighted by Crippen LogP contribution is 2.23. The van der Waals surface area contributed by atoms with Crippen molar-refractivity contribution in [3.05, 3.63) is 66.4 Å².